The second kappa shape index (κ2) is 3.48. The average molecular weight is 177 g/mol. The van der Waals surface area contributed by atoms with Gasteiger partial charge in [0.1, 0.15) is 0 Å². The molecule has 0 aromatic heterocycles. The number of rotatable bonds is 3. The average Bonchev–Trinajstić information content (AvgIpc) is 2.88. The maximum Gasteiger partial charge on any atom is 0.0917 e. The minimum atomic E-state index is -0.317. The van der Waals surface area contributed by atoms with Crippen molar-refractivity contribution in [1.29, 1.82) is 0 Å². The van der Waals surface area contributed by atoms with Crippen molar-refractivity contribution >= 4 is 0 Å². The number of nitrogens with zero attached hydrogens (tertiary/aromatic N) is 1. The summed E-state index contributed by atoms with van der Waals surface area (Å²) in [4.78, 5) is 2.23. The molecule has 0 saturated carbocycles. The molecule has 2 heteroatoms. The van der Waals surface area contributed by atoms with Gasteiger partial charge >= 0.3 is 0 Å². The topological polar surface area (TPSA) is 23.2 Å². The fourth-order valence-corrected chi connectivity index (χ4v) is 1.48. The Morgan fingerprint density at radius 3 is 2.85 bits per heavy atom. The zero-order chi connectivity index (χ0) is 9.26. The maximum absolute atomic E-state index is 9.81. The predicted molar refractivity (Wildman–Crippen MR) is 52.6 cm³/mol. The van der Waals surface area contributed by atoms with Crippen LogP contribution in [-0.4, -0.2) is 29.6 Å². The molecule has 0 aliphatic carbocycles. The number of benzene rings is 1. The SMILES string of the molecule is Cc1cccc(C(O)CN2CC2)c1. The first-order valence-corrected chi connectivity index (χ1v) is 4.73. The smallest absolute Gasteiger partial charge is 0.0917 e. The van der Waals surface area contributed by atoms with E-state index in [1.807, 2.05) is 31.2 Å². The number of aryl methyl sites for hydroxylation is 1. The highest BCUT2D eigenvalue weighted by atomic mass is 16.3. The van der Waals surface area contributed by atoms with E-state index in [0.29, 0.717) is 0 Å². The molecule has 70 valence electrons. The van der Waals surface area contributed by atoms with Crippen LogP contribution in [0.2, 0.25) is 0 Å². The first-order valence-electron chi connectivity index (χ1n) is 4.73. The van der Waals surface area contributed by atoms with Crippen molar-refractivity contribution in [2.75, 3.05) is 19.6 Å². The van der Waals surface area contributed by atoms with Crippen LogP contribution < -0.4 is 0 Å². The fraction of sp³-hybridized carbons (Fsp3) is 0.455. The van der Waals surface area contributed by atoms with Gasteiger partial charge < -0.3 is 5.11 Å². The summed E-state index contributed by atoms with van der Waals surface area (Å²) >= 11 is 0. The summed E-state index contributed by atoms with van der Waals surface area (Å²) in [7, 11) is 0. The highest BCUT2D eigenvalue weighted by molar-refractivity contribution is 5.24. The molecule has 0 radical (unpaired) electrons. The number of β-amino-alcohol motifs (C(OH)–C–C–N with tert-alkyl or cyclic N) is 1. The van der Waals surface area contributed by atoms with Crippen molar-refractivity contribution in [2.45, 2.75) is 13.0 Å². The molecule has 1 aliphatic rings. The highest BCUT2D eigenvalue weighted by Crippen LogP contribution is 2.18. The lowest BCUT2D eigenvalue weighted by Gasteiger charge is -2.11. The van der Waals surface area contributed by atoms with E-state index < -0.39 is 0 Å². The largest absolute Gasteiger partial charge is 0.387 e. The van der Waals surface area contributed by atoms with Crippen molar-refractivity contribution in [2.24, 2.45) is 0 Å². The molecule has 1 atom stereocenters. The summed E-state index contributed by atoms with van der Waals surface area (Å²) in [6.45, 7) is 5.11. The minimum Gasteiger partial charge on any atom is -0.387 e. The molecule has 1 aliphatic heterocycles. The molecule has 1 unspecified atom stereocenters. The number of aliphatic hydroxyl groups excluding tert-OH is 1. The molecular formula is C11H15NO. The first-order chi connectivity index (χ1) is 6.25. The van der Waals surface area contributed by atoms with Gasteiger partial charge in [0, 0.05) is 19.6 Å². The van der Waals surface area contributed by atoms with E-state index in [0.717, 1.165) is 25.2 Å². The lowest BCUT2D eigenvalue weighted by Crippen LogP contribution is -2.11. The van der Waals surface area contributed by atoms with Crippen LogP contribution in [0.3, 0.4) is 0 Å². The van der Waals surface area contributed by atoms with Gasteiger partial charge in [-0.15, -0.1) is 0 Å². The molecule has 1 N–H and O–H groups in total. The standard InChI is InChI=1S/C11H15NO/c1-9-3-2-4-10(7-9)11(13)8-12-5-6-12/h2-4,7,11,13H,5-6,8H2,1H3. The maximum atomic E-state index is 9.81. The van der Waals surface area contributed by atoms with Gasteiger partial charge in [-0.3, -0.25) is 4.90 Å². The normalized spacial score (nSPS) is 18.6. The number of hydrogen-bond acceptors (Lipinski definition) is 2. The van der Waals surface area contributed by atoms with Gasteiger partial charge in [-0.1, -0.05) is 29.8 Å². The van der Waals surface area contributed by atoms with Crippen molar-refractivity contribution < 1.29 is 5.11 Å². The third-order valence-electron chi connectivity index (χ3n) is 2.40. The van der Waals surface area contributed by atoms with Crippen LogP contribution in [0.4, 0.5) is 0 Å². The van der Waals surface area contributed by atoms with Crippen LogP contribution in [-0.2, 0) is 0 Å². The summed E-state index contributed by atoms with van der Waals surface area (Å²) in [5, 5.41) is 9.81. The lowest BCUT2D eigenvalue weighted by molar-refractivity contribution is 0.156. The summed E-state index contributed by atoms with van der Waals surface area (Å²) in [6.07, 6.45) is -0.317. The molecule has 1 aromatic carbocycles. The van der Waals surface area contributed by atoms with Gasteiger partial charge in [0.05, 0.1) is 6.10 Å². The second-order valence-electron chi connectivity index (χ2n) is 3.73. The van der Waals surface area contributed by atoms with Gasteiger partial charge in [-0.25, -0.2) is 0 Å². The van der Waals surface area contributed by atoms with Crippen molar-refractivity contribution in [3.63, 3.8) is 0 Å². The van der Waals surface area contributed by atoms with Crippen molar-refractivity contribution in [3.05, 3.63) is 35.4 Å². The number of aliphatic hydroxyl groups is 1. The molecule has 1 fully saturated rings. The Morgan fingerprint density at radius 1 is 1.46 bits per heavy atom. The van der Waals surface area contributed by atoms with Gasteiger partial charge in [0.25, 0.3) is 0 Å². The Hall–Kier alpha value is -0.860. The van der Waals surface area contributed by atoms with E-state index in [4.69, 9.17) is 0 Å². The summed E-state index contributed by atoms with van der Waals surface area (Å²) in [5.74, 6) is 0. The Balaban J connectivity index is 2.04. The molecule has 1 heterocycles. The van der Waals surface area contributed by atoms with Crippen molar-refractivity contribution in [3.8, 4) is 0 Å². The zero-order valence-corrected chi connectivity index (χ0v) is 7.90. The summed E-state index contributed by atoms with van der Waals surface area (Å²) < 4.78 is 0. The Bertz CT molecular complexity index is 294. The molecule has 2 nitrogen and oxygen atoms in total. The Morgan fingerprint density at radius 2 is 2.23 bits per heavy atom. The number of hydrogen-bond donors (Lipinski definition) is 1. The van der Waals surface area contributed by atoms with Gasteiger partial charge in [-0.2, -0.15) is 0 Å². The molecule has 0 bridgehead atoms. The first kappa shape index (κ1) is 8.73. The van der Waals surface area contributed by atoms with Gasteiger partial charge in [-0.05, 0) is 12.5 Å². The van der Waals surface area contributed by atoms with Crippen LogP contribution in [0.1, 0.15) is 17.2 Å². The van der Waals surface area contributed by atoms with E-state index in [9.17, 15) is 5.11 Å². The van der Waals surface area contributed by atoms with Crippen molar-refractivity contribution in [1.82, 2.24) is 4.90 Å². The Kier molecular flexibility index (Phi) is 2.34. The quantitative estimate of drug-likeness (QED) is 0.704. The van der Waals surface area contributed by atoms with E-state index in [2.05, 4.69) is 4.90 Å². The molecule has 1 saturated heterocycles. The van der Waals surface area contributed by atoms with E-state index >= 15 is 0 Å². The fourth-order valence-electron chi connectivity index (χ4n) is 1.48. The molecular weight excluding hydrogens is 162 g/mol. The van der Waals surface area contributed by atoms with Crippen LogP contribution in [0, 0.1) is 6.92 Å². The molecule has 13 heavy (non-hydrogen) atoms. The Labute approximate surface area is 78.8 Å². The molecule has 1 aromatic rings. The van der Waals surface area contributed by atoms with Gasteiger partial charge in [0.2, 0.25) is 0 Å². The van der Waals surface area contributed by atoms with E-state index in [1.54, 1.807) is 0 Å². The minimum absolute atomic E-state index is 0.317. The summed E-state index contributed by atoms with van der Waals surface area (Å²) in [5.41, 5.74) is 2.24. The summed E-state index contributed by atoms with van der Waals surface area (Å²) in [6, 6.07) is 8.08. The third-order valence-corrected chi connectivity index (χ3v) is 2.40. The van der Waals surface area contributed by atoms with Crippen LogP contribution in [0.15, 0.2) is 24.3 Å². The van der Waals surface area contributed by atoms with Gasteiger partial charge in [0.15, 0.2) is 0 Å². The van der Waals surface area contributed by atoms with Crippen LogP contribution in [0.25, 0.3) is 0 Å². The third kappa shape index (κ3) is 2.29. The highest BCUT2D eigenvalue weighted by Gasteiger charge is 2.21. The van der Waals surface area contributed by atoms with E-state index in [1.165, 1.54) is 5.56 Å². The predicted octanol–water partition coefficient (Wildman–Crippen LogP) is 1.34. The van der Waals surface area contributed by atoms with Crippen LogP contribution in [0.5, 0.6) is 0 Å². The lowest BCUT2D eigenvalue weighted by atomic mass is 10.1. The van der Waals surface area contributed by atoms with E-state index in [-0.39, 0.29) is 6.10 Å². The molecule has 0 amide bonds. The second-order valence-corrected chi connectivity index (χ2v) is 3.73. The zero-order valence-electron chi connectivity index (χ0n) is 7.90. The molecule has 0 spiro atoms. The molecule has 2 rings (SSSR count). The van der Waals surface area contributed by atoms with Crippen LogP contribution >= 0.6 is 0 Å². The monoisotopic (exact) mass is 177 g/mol.